The van der Waals surface area contributed by atoms with Crippen LogP contribution in [0.4, 0.5) is 17.2 Å². The van der Waals surface area contributed by atoms with Crippen LogP contribution in [-0.2, 0) is 4.79 Å². The number of carbonyl (C=O) groups is 2. The Morgan fingerprint density at radius 3 is 2.38 bits per heavy atom. The van der Waals surface area contributed by atoms with E-state index in [0.717, 1.165) is 37.3 Å². The Bertz CT molecular complexity index is 781. The fraction of sp³-hybridized carbons (Fsp3) is 0.350. The molecule has 1 fully saturated rings. The molecule has 2 heterocycles. The van der Waals surface area contributed by atoms with Crippen LogP contribution in [0, 0.1) is 5.92 Å². The van der Waals surface area contributed by atoms with Gasteiger partial charge in [-0.25, -0.2) is 4.98 Å². The largest absolute Gasteiger partial charge is 0.340 e. The van der Waals surface area contributed by atoms with Crippen LogP contribution in [0.25, 0.3) is 0 Å². The van der Waals surface area contributed by atoms with E-state index in [9.17, 15) is 9.59 Å². The molecule has 136 valence electrons. The number of aromatic nitrogens is 1. The molecular formula is C20H24N4O2. The van der Waals surface area contributed by atoms with Gasteiger partial charge in [0.1, 0.15) is 5.82 Å². The fourth-order valence-corrected chi connectivity index (χ4v) is 3.01. The molecule has 2 aromatic rings. The summed E-state index contributed by atoms with van der Waals surface area (Å²) in [4.78, 5) is 30.0. The van der Waals surface area contributed by atoms with Crippen molar-refractivity contribution in [2.75, 3.05) is 23.7 Å². The molecule has 0 radical (unpaired) electrons. The Balaban J connectivity index is 1.67. The average molecular weight is 352 g/mol. The van der Waals surface area contributed by atoms with Gasteiger partial charge in [-0.1, -0.05) is 6.92 Å². The highest BCUT2D eigenvalue weighted by molar-refractivity contribution is 5.95. The zero-order chi connectivity index (χ0) is 18.5. The first kappa shape index (κ1) is 17.9. The van der Waals surface area contributed by atoms with Crippen molar-refractivity contribution in [3.63, 3.8) is 0 Å². The summed E-state index contributed by atoms with van der Waals surface area (Å²) in [5.74, 6) is 1.26. The molecule has 0 unspecified atom stereocenters. The highest BCUT2D eigenvalue weighted by Gasteiger charge is 2.21. The van der Waals surface area contributed by atoms with E-state index >= 15 is 0 Å². The van der Waals surface area contributed by atoms with Crippen LogP contribution in [-0.4, -0.2) is 34.8 Å². The monoisotopic (exact) mass is 352 g/mol. The Hall–Kier alpha value is -2.89. The summed E-state index contributed by atoms with van der Waals surface area (Å²) in [5.41, 5.74) is 2.22. The van der Waals surface area contributed by atoms with Crippen molar-refractivity contribution in [3.05, 3.63) is 48.2 Å². The molecule has 1 saturated heterocycles. The van der Waals surface area contributed by atoms with Crippen LogP contribution < -0.4 is 10.6 Å². The average Bonchev–Trinajstić information content (AvgIpc) is 2.63. The maximum Gasteiger partial charge on any atom is 0.254 e. The predicted molar refractivity (Wildman–Crippen MR) is 103 cm³/mol. The first-order valence-electron chi connectivity index (χ1n) is 8.91. The molecule has 2 N–H and O–H groups in total. The molecule has 0 aliphatic carbocycles. The molecule has 2 amide bonds. The van der Waals surface area contributed by atoms with E-state index in [4.69, 9.17) is 0 Å². The molecule has 6 heteroatoms. The second-order valence-electron chi connectivity index (χ2n) is 6.79. The Morgan fingerprint density at radius 1 is 1.08 bits per heavy atom. The van der Waals surface area contributed by atoms with Crippen LogP contribution >= 0.6 is 0 Å². The Kier molecular flexibility index (Phi) is 5.51. The van der Waals surface area contributed by atoms with E-state index in [2.05, 4.69) is 22.5 Å². The molecule has 0 saturated carbocycles. The number of amides is 2. The molecular weight excluding hydrogens is 328 g/mol. The topological polar surface area (TPSA) is 74.3 Å². The van der Waals surface area contributed by atoms with E-state index in [-0.39, 0.29) is 11.8 Å². The number of nitrogens with one attached hydrogen (secondary N) is 2. The smallest absolute Gasteiger partial charge is 0.254 e. The van der Waals surface area contributed by atoms with Crippen molar-refractivity contribution in [3.8, 4) is 0 Å². The van der Waals surface area contributed by atoms with Gasteiger partial charge in [0.15, 0.2) is 0 Å². The zero-order valence-electron chi connectivity index (χ0n) is 15.2. The minimum Gasteiger partial charge on any atom is -0.340 e. The standard InChI is InChI=1S/C20H24N4O2/c1-14-8-11-24(12-9-14)20(26)16-7-10-21-19(13-16)23-18-5-3-17(4-6-18)22-15(2)25/h3-7,10,13-14H,8-9,11-12H2,1-2H3,(H,21,23)(H,22,25). The highest BCUT2D eigenvalue weighted by atomic mass is 16.2. The van der Waals surface area contributed by atoms with Crippen LogP contribution in [0.15, 0.2) is 42.6 Å². The van der Waals surface area contributed by atoms with Crippen molar-refractivity contribution in [1.29, 1.82) is 0 Å². The number of likely N-dealkylation sites (tertiary alicyclic amines) is 1. The third-order valence-corrected chi connectivity index (χ3v) is 4.56. The summed E-state index contributed by atoms with van der Waals surface area (Å²) in [7, 11) is 0. The third-order valence-electron chi connectivity index (χ3n) is 4.56. The number of pyridine rings is 1. The molecule has 3 rings (SSSR count). The number of hydrogen-bond acceptors (Lipinski definition) is 4. The molecule has 0 spiro atoms. The van der Waals surface area contributed by atoms with Crippen LogP contribution in [0.3, 0.4) is 0 Å². The quantitative estimate of drug-likeness (QED) is 0.881. The summed E-state index contributed by atoms with van der Waals surface area (Å²) in [6, 6.07) is 10.9. The maximum absolute atomic E-state index is 12.7. The van der Waals surface area contributed by atoms with Gasteiger partial charge in [-0.3, -0.25) is 9.59 Å². The summed E-state index contributed by atoms with van der Waals surface area (Å²) >= 11 is 0. The van der Waals surface area contributed by atoms with Crippen LogP contribution in [0.2, 0.25) is 0 Å². The van der Waals surface area contributed by atoms with Crippen LogP contribution in [0.1, 0.15) is 37.0 Å². The molecule has 6 nitrogen and oxygen atoms in total. The molecule has 1 aromatic carbocycles. The minimum absolute atomic E-state index is 0.0587. The molecule has 1 aliphatic heterocycles. The summed E-state index contributed by atoms with van der Waals surface area (Å²) in [6.45, 7) is 5.33. The van der Waals surface area contributed by atoms with Gasteiger partial charge in [-0.2, -0.15) is 0 Å². The summed E-state index contributed by atoms with van der Waals surface area (Å²) < 4.78 is 0. The van der Waals surface area contributed by atoms with Gasteiger partial charge in [0.05, 0.1) is 0 Å². The normalized spacial score (nSPS) is 14.8. The number of benzene rings is 1. The molecule has 26 heavy (non-hydrogen) atoms. The second kappa shape index (κ2) is 7.99. The van der Waals surface area contributed by atoms with E-state index in [1.807, 2.05) is 29.2 Å². The SMILES string of the molecule is CC(=O)Nc1ccc(Nc2cc(C(=O)N3CCC(C)CC3)ccn2)cc1. The van der Waals surface area contributed by atoms with Crippen molar-refractivity contribution in [2.45, 2.75) is 26.7 Å². The Morgan fingerprint density at radius 2 is 1.73 bits per heavy atom. The van der Waals surface area contributed by atoms with Crippen molar-refractivity contribution < 1.29 is 9.59 Å². The van der Waals surface area contributed by atoms with Gasteiger partial charge in [0, 0.05) is 43.1 Å². The Labute approximate surface area is 153 Å². The lowest BCUT2D eigenvalue weighted by molar-refractivity contribution is -0.114. The van der Waals surface area contributed by atoms with E-state index < -0.39 is 0 Å². The van der Waals surface area contributed by atoms with Gasteiger partial charge in [0.25, 0.3) is 5.91 Å². The number of hydrogen-bond donors (Lipinski definition) is 2. The minimum atomic E-state index is -0.106. The molecule has 0 bridgehead atoms. The number of rotatable bonds is 4. The van der Waals surface area contributed by atoms with E-state index in [0.29, 0.717) is 17.3 Å². The van der Waals surface area contributed by atoms with E-state index in [1.165, 1.54) is 6.92 Å². The van der Waals surface area contributed by atoms with Gasteiger partial charge < -0.3 is 15.5 Å². The van der Waals surface area contributed by atoms with Crippen molar-refractivity contribution in [2.24, 2.45) is 5.92 Å². The lowest BCUT2D eigenvalue weighted by Gasteiger charge is -2.30. The highest BCUT2D eigenvalue weighted by Crippen LogP contribution is 2.21. The summed E-state index contributed by atoms with van der Waals surface area (Å²) in [5, 5.41) is 5.92. The molecule has 1 aliphatic rings. The van der Waals surface area contributed by atoms with Gasteiger partial charge in [-0.15, -0.1) is 0 Å². The lowest BCUT2D eigenvalue weighted by atomic mass is 9.99. The molecule has 1 aromatic heterocycles. The second-order valence-corrected chi connectivity index (χ2v) is 6.79. The number of nitrogens with zero attached hydrogens (tertiary/aromatic N) is 2. The predicted octanol–water partition coefficient (Wildman–Crippen LogP) is 3.66. The maximum atomic E-state index is 12.7. The van der Waals surface area contributed by atoms with Gasteiger partial charge in [-0.05, 0) is 55.2 Å². The fourth-order valence-electron chi connectivity index (χ4n) is 3.01. The van der Waals surface area contributed by atoms with Gasteiger partial charge in [0.2, 0.25) is 5.91 Å². The van der Waals surface area contributed by atoms with Gasteiger partial charge >= 0.3 is 0 Å². The van der Waals surface area contributed by atoms with E-state index in [1.54, 1.807) is 18.3 Å². The number of piperidine rings is 1. The zero-order valence-corrected chi connectivity index (χ0v) is 15.2. The third kappa shape index (κ3) is 4.59. The number of carbonyl (C=O) groups excluding carboxylic acids is 2. The first-order chi connectivity index (χ1) is 12.5. The van der Waals surface area contributed by atoms with Crippen molar-refractivity contribution >= 4 is 29.0 Å². The molecule has 0 atom stereocenters. The summed E-state index contributed by atoms with van der Waals surface area (Å²) in [6.07, 6.45) is 3.76. The van der Waals surface area contributed by atoms with Crippen LogP contribution in [0.5, 0.6) is 0 Å². The number of anilines is 3. The first-order valence-corrected chi connectivity index (χ1v) is 8.91. The lowest BCUT2D eigenvalue weighted by Crippen LogP contribution is -2.37. The van der Waals surface area contributed by atoms with Crippen molar-refractivity contribution in [1.82, 2.24) is 9.88 Å².